The third-order valence-corrected chi connectivity index (χ3v) is 6.17. The molecule has 1 aromatic carbocycles. The molecule has 162 valence electrons. The van der Waals surface area contributed by atoms with Crippen molar-refractivity contribution in [2.24, 2.45) is 5.92 Å². The number of methoxy groups -OCH3 is 1. The van der Waals surface area contributed by atoms with Crippen LogP contribution in [0, 0.1) is 5.92 Å². The number of ether oxygens (including phenoxy) is 1. The number of likely N-dealkylation sites (tertiary alicyclic amines) is 1. The van der Waals surface area contributed by atoms with Crippen molar-refractivity contribution in [3.05, 3.63) is 36.2 Å². The van der Waals surface area contributed by atoms with Crippen LogP contribution in [0.3, 0.4) is 0 Å². The normalized spacial score (nSPS) is 23.7. The predicted octanol–water partition coefficient (Wildman–Crippen LogP) is 3.15. The summed E-state index contributed by atoms with van der Waals surface area (Å²) < 4.78 is 33.8. The number of piperidine rings is 1. The third kappa shape index (κ3) is 4.24. The van der Waals surface area contributed by atoms with E-state index < -0.39 is 12.5 Å². The molecule has 1 aromatic heterocycles. The number of anilines is 1. The van der Waals surface area contributed by atoms with E-state index in [1.54, 1.807) is 7.11 Å². The summed E-state index contributed by atoms with van der Waals surface area (Å²) in [5.41, 5.74) is 1.01. The van der Waals surface area contributed by atoms with Gasteiger partial charge in [0.1, 0.15) is 18.1 Å². The number of aromatic nitrogens is 3. The number of nitrogens with one attached hydrogen (secondary N) is 1. The first-order chi connectivity index (χ1) is 14.6. The largest absolute Gasteiger partial charge is 0.496 e. The summed E-state index contributed by atoms with van der Waals surface area (Å²) >= 11 is 0. The molecular weight excluding hydrogens is 392 g/mol. The van der Waals surface area contributed by atoms with Gasteiger partial charge < -0.3 is 15.0 Å². The maximum Gasteiger partial charge on any atom is 0.260 e. The first kappa shape index (κ1) is 20.6. The van der Waals surface area contributed by atoms with Crippen LogP contribution in [0.5, 0.6) is 5.75 Å². The highest BCUT2D eigenvalue weighted by atomic mass is 19.3. The summed E-state index contributed by atoms with van der Waals surface area (Å²) in [6.07, 6.45) is 1.86. The molecule has 0 radical (unpaired) electrons. The summed E-state index contributed by atoms with van der Waals surface area (Å²) in [5.74, 6) is 1.38. The quantitative estimate of drug-likeness (QED) is 0.779. The van der Waals surface area contributed by atoms with Gasteiger partial charge in [0.25, 0.3) is 6.43 Å². The number of para-hydroxylation sites is 1. The van der Waals surface area contributed by atoms with E-state index in [4.69, 9.17) is 4.74 Å². The van der Waals surface area contributed by atoms with Gasteiger partial charge in [0.05, 0.1) is 7.11 Å². The highest BCUT2D eigenvalue weighted by molar-refractivity contribution is 5.76. The van der Waals surface area contributed by atoms with E-state index in [0.717, 1.165) is 24.2 Å². The first-order valence-electron chi connectivity index (χ1n) is 10.4. The molecule has 1 saturated heterocycles. The molecule has 3 heterocycles. The predicted molar refractivity (Wildman–Crippen MR) is 108 cm³/mol. The smallest absolute Gasteiger partial charge is 0.260 e. The minimum Gasteiger partial charge on any atom is -0.496 e. The molecule has 7 nitrogen and oxygen atoms in total. The molecule has 1 amide bonds. The van der Waals surface area contributed by atoms with Crippen LogP contribution in [0.25, 0.3) is 0 Å². The topological polar surface area (TPSA) is 72.3 Å². The number of halogens is 2. The van der Waals surface area contributed by atoms with E-state index in [1.165, 1.54) is 11.0 Å². The van der Waals surface area contributed by atoms with E-state index in [1.807, 2.05) is 29.2 Å². The lowest BCUT2D eigenvalue weighted by molar-refractivity contribution is -0.133. The number of nitrogens with zero attached hydrogens (tertiary/aromatic N) is 4. The summed E-state index contributed by atoms with van der Waals surface area (Å²) in [4.78, 5) is 18.8. The van der Waals surface area contributed by atoms with E-state index in [-0.39, 0.29) is 24.3 Å². The number of carbonyl (C=O) groups excluding carboxylic acids is 1. The summed E-state index contributed by atoms with van der Waals surface area (Å²) in [5, 5.41) is 7.20. The molecule has 2 aromatic rings. The zero-order chi connectivity index (χ0) is 21.1. The van der Waals surface area contributed by atoms with Crippen molar-refractivity contribution in [1.82, 2.24) is 19.7 Å². The molecule has 4 rings (SSSR count). The van der Waals surface area contributed by atoms with Crippen molar-refractivity contribution in [3.8, 4) is 5.75 Å². The van der Waals surface area contributed by atoms with Crippen LogP contribution in [0.1, 0.15) is 37.3 Å². The van der Waals surface area contributed by atoms with Crippen LogP contribution in [0.2, 0.25) is 0 Å². The fraction of sp³-hybridized carbons (Fsp3) is 0.571. The molecule has 2 aliphatic rings. The summed E-state index contributed by atoms with van der Waals surface area (Å²) in [6.45, 7) is 1.29. The average Bonchev–Trinajstić information content (AvgIpc) is 3.25. The van der Waals surface area contributed by atoms with Gasteiger partial charge in [0.2, 0.25) is 11.9 Å². The lowest BCUT2D eigenvalue weighted by Gasteiger charge is -2.40. The summed E-state index contributed by atoms with van der Waals surface area (Å²) in [7, 11) is 1.63. The molecule has 30 heavy (non-hydrogen) atoms. The Morgan fingerprint density at radius 3 is 3.00 bits per heavy atom. The Morgan fingerprint density at radius 1 is 1.37 bits per heavy atom. The number of benzene rings is 1. The van der Waals surface area contributed by atoms with Crippen molar-refractivity contribution in [3.63, 3.8) is 0 Å². The van der Waals surface area contributed by atoms with Gasteiger partial charge in [-0.3, -0.25) is 4.79 Å². The lowest BCUT2D eigenvalue weighted by Crippen LogP contribution is -2.48. The molecule has 3 atom stereocenters. The van der Waals surface area contributed by atoms with Gasteiger partial charge in [-0.25, -0.2) is 13.5 Å². The Morgan fingerprint density at radius 2 is 2.20 bits per heavy atom. The van der Waals surface area contributed by atoms with E-state index in [0.29, 0.717) is 31.9 Å². The van der Waals surface area contributed by atoms with Gasteiger partial charge in [-0.15, -0.1) is 0 Å². The van der Waals surface area contributed by atoms with Crippen LogP contribution >= 0.6 is 0 Å². The fourth-order valence-corrected chi connectivity index (χ4v) is 4.57. The molecule has 0 saturated carbocycles. The monoisotopic (exact) mass is 419 g/mol. The van der Waals surface area contributed by atoms with Crippen LogP contribution < -0.4 is 10.1 Å². The second-order valence-electron chi connectivity index (χ2n) is 7.97. The number of amides is 1. The zero-order valence-corrected chi connectivity index (χ0v) is 17.0. The number of alkyl halides is 2. The maximum atomic E-state index is 13.6. The van der Waals surface area contributed by atoms with Gasteiger partial charge in [-0.2, -0.15) is 10.1 Å². The first-order valence-corrected chi connectivity index (χ1v) is 10.4. The zero-order valence-electron chi connectivity index (χ0n) is 17.0. The maximum absolute atomic E-state index is 13.6. The van der Waals surface area contributed by atoms with E-state index >= 15 is 0 Å². The van der Waals surface area contributed by atoms with Crippen LogP contribution in [-0.2, 0) is 11.2 Å². The second-order valence-corrected chi connectivity index (χ2v) is 7.97. The van der Waals surface area contributed by atoms with Gasteiger partial charge >= 0.3 is 0 Å². The third-order valence-electron chi connectivity index (χ3n) is 6.17. The Bertz CT molecular complexity index is 875. The number of rotatable bonds is 6. The molecule has 0 bridgehead atoms. The second kappa shape index (κ2) is 8.97. The summed E-state index contributed by atoms with van der Waals surface area (Å²) in [6, 6.07) is 6.58. The SMILES string of the molecule is COc1ccccc1CCC(=O)N1CCC[C@@H]([C@@H]2C[C@H](C(F)F)n3ncnc3N2)C1. The fourth-order valence-electron chi connectivity index (χ4n) is 4.57. The average molecular weight is 419 g/mol. The number of hydrogen-bond donors (Lipinski definition) is 1. The van der Waals surface area contributed by atoms with Gasteiger partial charge in [-0.05, 0) is 43.2 Å². The van der Waals surface area contributed by atoms with Crippen LogP contribution in [-0.4, -0.2) is 58.2 Å². The Balaban J connectivity index is 1.38. The van der Waals surface area contributed by atoms with Crippen LogP contribution in [0.15, 0.2) is 30.6 Å². The van der Waals surface area contributed by atoms with Gasteiger partial charge in [0.15, 0.2) is 0 Å². The van der Waals surface area contributed by atoms with Crippen LogP contribution in [0.4, 0.5) is 14.7 Å². The minimum atomic E-state index is -2.50. The number of fused-ring (bicyclic) bond motifs is 1. The van der Waals surface area contributed by atoms with Crippen molar-refractivity contribution in [2.45, 2.75) is 50.6 Å². The number of carbonyl (C=O) groups is 1. The Hall–Kier alpha value is -2.71. The van der Waals surface area contributed by atoms with Crippen molar-refractivity contribution in [2.75, 3.05) is 25.5 Å². The minimum absolute atomic E-state index is 0.0926. The molecular formula is C21H27F2N5O2. The molecule has 0 spiro atoms. The lowest BCUT2D eigenvalue weighted by atomic mass is 9.86. The van der Waals surface area contributed by atoms with E-state index in [9.17, 15) is 13.6 Å². The number of aryl methyl sites for hydroxylation is 1. The molecule has 9 heteroatoms. The van der Waals surface area contributed by atoms with E-state index in [2.05, 4.69) is 15.4 Å². The van der Waals surface area contributed by atoms with Crippen molar-refractivity contribution < 1.29 is 18.3 Å². The standard InChI is InChI=1S/C21H27F2N5O2/c1-30-18-7-3-2-5-14(18)8-9-19(29)27-10-4-6-15(12-27)16-11-17(20(22)23)28-21(26-16)24-13-25-28/h2-3,5,7,13,15-17,20H,4,6,8-12H2,1H3,(H,24,25,26)/t15-,16+,17-/m1/s1. The number of hydrogen-bond acceptors (Lipinski definition) is 5. The highest BCUT2D eigenvalue weighted by Gasteiger charge is 2.38. The van der Waals surface area contributed by atoms with Crippen molar-refractivity contribution in [1.29, 1.82) is 0 Å². The molecule has 2 aliphatic heterocycles. The Kier molecular flexibility index (Phi) is 6.15. The molecule has 1 fully saturated rings. The molecule has 0 aliphatic carbocycles. The van der Waals surface area contributed by atoms with Crippen molar-refractivity contribution >= 4 is 11.9 Å². The highest BCUT2D eigenvalue weighted by Crippen LogP contribution is 2.35. The molecule has 1 N–H and O–H groups in total. The Labute approximate surface area is 174 Å². The van der Waals surface area contributed by atoms with Gasteiger partial charge in [-0.1, -0.05) is 18.2 Å². The molecule has 0 unspecified atom stereocenters. The van der Waals surface area contributed by atoms with Gasteiger partial charge in [0, 0.05) is 25.6 Å².